The summed E-state index contributed by atoms with van der Waals surface area (Å²) in [7, 11) is -3.63. The molecule has 0 amide bonds. The average Bonchev–Trinajstić information content (AvgIpc) is 2.03. The summed E-state index contributed by atoms with van der Waals surface area (Å²) >= 11 is 0. The van der Waals surface area contributed by atoms with Crippen LogP contribution in [0.3, 0.4) is 0 Å². The number of benzene rings is 1. The number of sulfonamides is 1. The molecule has 0 unspecified atom stereocenters. The Morgan fingerprint density at radius 2 is 1.83 bits per heavy atom. The third-order valence-electron chi connectivity index (χ3n) is 1.50. The first-order chi connectivity index (χ1) is 5.55. The number of primary sulfonamides is 1. The van der Waals surface area contributed by atoms with Gasteiger partial charge in [-0.3, -0.25) is 0 Å². The van der Waals surface area contributed by atoms with Crippen molar-refractivity contribution in [1.82, 2.24) is 0 Å². The van der Waals surface area contributed by atoms with Crippen LogP contribution < -0.4 is 10.9 Å². The van der Waals surface area contributed by atoms with Crippen LogP contribution in [-0.4, -0.2) is 8.42 Å². The molecule has 0 spiro atoms. The molecule has 0 fully saturated rings. The Morgan fingerprint density at radius 3 is 2.25 bits per heavy atom. The molecule has 66 valence electrons. The van der Waals surface area contributed by atoms with E-state index in [1.165, 1.54) is 6.07 Å². The smallest absolute Gasteiger partial charge is 0.238 e. The Kier molecular flexibility index (Phi) is 2.46. The quantitative estimate of drug-likeness (QED) is 0.670. The van der Waals surface area contributed by atoms with Gasteiger partial charge >= 0.3 is 0 Å². The zero-order valence-corrected chi connectivity index (χ0v) is 7.21. The minimum Gasteiger partial charge on any atom is -0.326 e. The van der Waals surface area contributed by atoms with Gasteiger partial charge in [-0.25, -0.2) is 13.6 Å². The SMILES string of the molecule is NCc1ccccc1S(N)(=O)=O. The normalized spacial score (nSPS) is 11.5. The predicted octanol–water partition coefficient (Wildman–Crippen LogP) is -0.207. The highest BCUT2D eigenvalue weighted by atomic mass is 32.2. The number of hydrogen-bond acceptors (Lipinski definition) is 3. The van der Waals surface area contributed by atoms with E-state index < -0.39 is 10.0 Å². The number of nitrogens with two attached hydrogens (primary N) is 2. The molecule has 1 rings (SSSR count). The summed E-state index contributed by atoms with van der Waals surface area (Å²) in [6.45, 7) is 0.173. The molecule has 0 atom stereocenters. The second-order valence-corrected chi connectivity index (χ2v) is 3.89. The van der Waals surface area contributed by atoms with Crippen LogP contribution in [0.15, 0.2) is 29.2 Å². The van der Waals surface area contributed by atoms with Crippen molar-refractivity contribution in [1.29, 1.82) is 0 Å². The molecule has 0 aliphatic rings. The van der Waals surface area contributed by atoms with Crippen molar-refractivity contribution in [3.8, 4) is 0 Å². The molecule has 4 nitrogen and oxygen atoms in total. The largest absolute Gasteiger partial charge is 0.326 e. The fourth-order valence-electron chi connectivity index (χ4n) is 0.950. The van der Waals surface area contributed by atoms with Gasteiger partial charge in [-0.1, -0.05) is 18.2 Å². The minimum atomic E-state index is -3.63. The first-order valence-corrected chi connectivity index (χ1v) is 4.91. The van der Waals surface area contributed by atoms with Gasteiger partial charge in [0.25, 0.3) is 0 Å². The monoisotopic (exact) mass is 186 g/mol. The number of hydrogen-bond donors (Lipinski definition) is 2. The molecule has 0 aliphatic heterocycles. The van der Waals surface area contributed by atoms with E-state index >= 15 is 0 Å². The molecule has 1 aromatic rings. The van der Waals surface area contributed by atoms with Crippen LogP contribution in [0.1, 0.15) is 5.56 Å². The molecule has 0 aromatic heterocycles. The van der Waals surface area contributed by atoms with Gasteiger partial charge in [-0.15, -0.1) is 0 Å². The standard InChI is InChI=1S/C7H10N2O2S/c8-5-6-3-1-2-4-7(6)12(9,10)11/h1-4H,5,8H2,(H2,9,10,11). The molecule has 0 bridgehead atoms. The van der Waals surface area contributed by atoms with E-state index in [1.54, 1.807) is 18.2 Å². The number of rotatable bonds is 2. The fourth-order valence-corrected chi connectivity index (χ4v) is 1.74. The van der Waals surface area contributed by atoms with Crippen LogP contribution in [0.4, 0.5) is 0 Å². The highest BCUT2D eigenvalue weighted by Crippen LogP contribution is 2.12. The Hall–Kier alpha value is -0.910. The molecule has 0 aliphatic carbocycles. The minimum absolute atomic E-state index is 0.104. The summed E-state index contributed by atoms with van der Waals surface area (Å²) in [5.74, 6) is 0. The van der Waals surface area contributed by atoms with Crippen LogP contribution in [-0.2, 0) is 16.6 Å². The van der Waals surface area contributed by atoms with Crippen molar-refractivity contribution in [3.05, 3.63) is 29.8 Å². The second kappa shape index (κ2) is 3.22. The van der Waals surface area contributed by atoms with Crippen LogP contribution in [0.25, 0.3) is 0 Å². The highest BCUT2D eigenvalue weighted by molar-refractivity contribution is 7.89. The maximum Gasteiger partial charge on any atom is 0.238 e. The summed E-state index contributed by atoms with van der Waals surface area (Å²) in [5.41, 5.74) is 5.87. The first kappa shape index (κ1) is 9.18. The van der Waals surface area contributed by atoms with Crippen LogP contribution in [0, 0.1) is 0 Å². The lowest BCUT2D eigenvalue weighted by Gasteiger charge is -2.03. The van der Waals surface area contributed by atoms with Gasteiger partial charge in [0, 0.05) is 6.54 Å². The van der Waals surface area contributed by atoms with Crippen LogP contribution in [0.5, 0.6) is 0 Å². The molecule has 0 saturated carbocycles. The lowest BCUT2D eigenvalue weighted by molar-refractivity contribution is 0.596. The highest BCUT2D eigenvalue weighted by Gasteiger charge is 2.10. The molecule has 0 radical (unpaired) electrons. The maximum absolute atomic E-state index is 10.9. The third-order valence-corrected chi connectivity index (χ3v) is 2.51. The predicted molar refractivity (Wildman–Crippen MR) is 45.7 cm³/mol. The van der Waals surface area contributed by atoms with Crippen molar-refractivity contribution in [2.24, 2.45) is 10.9 Å². The van der Waals surface area contributed by atoms with E-state index in [0.29, 0.717) is 5.56 Å². The Morgan fingerprint density at radius 1 is 1.25 bits per heavy atom. The van der Waals surface area contributed by atoms with Gasteiger partial charge in [0.05, 0.1) is 4.90 Å². The second-order valence-electron chi connectivity index (χ2n) is 2.36. The zero-order chi connectivity index (χ0) is 9.19. The van der Waals surface area contributed by atoms with E-state index in [0.717, 1.165) is 0 Å². The topological polar surface area (TPSA) is 86.2 Å². The first-order valence-electron chi connectivity index (χ1n) is 3.36. The summed E-state index contributed by atoms with van der Waals surface area (Å²) in [4.78, 5) is 0.104. The molecule has 5 heteroatoms. The fraction of sp³-hybridized carbons (Fsp3) is 0.143. The van der Waals surface area contributed by atoms with Crippen molar-refractivity contribution in [2.75, 3.05) is 0 Å². The molecule has 4 N–H and O–H groups in total. The molecule has 12 heavy (non-hydrogen) atoms. The van der Waals surface area contributed by atoms with Crippen molar-refractivity contribution in [3.63, 3.8) is 0 Å². The Bertz CT molecular complexity index is 373. The van der Waals surface area contributed by atoms with E-state index in [-0.39, 0.29) is 11.4 Å². The van der Waals surface area contributed by atoms with Crippen molar-refractivity contribution < 1.29 is 8.42 Å². The lowest BCUT2D eigenvalue weighted by atomic mass is 10.2. The molecular formula is C7H10N2O2S. The summed E-state index contributed by atoms with van der Waals surface area (Å²) in [6.07, 6.45) is 0. The zero-order valence-electron chi connectivity index (χ0n) is 6.40. The van der Waals surface area contributed by atoms with Gasteiger partial charge in [-0.2, -0.15) is 0 Å². The van der Waals surface area contributed by atoms with Gasteiger partial charge < -0.3 is 5.73 Å². The summed E-state index contributed by atoms with van der Waals surface area (Å²) in [6, 6.07) is 6.41. The Balaban J connectivity index is 3.33. The van der Waals surface area contributed by atoms with Crippen molar-refractivity contribution >= 4 is 10.0 Å². The van der Waals surface area contributed by atoms with Crippen LogP contribution in [0.2, 0.25) is 0 Å². The van der Waals surface area contributed by atoms with E-state index in [1.807, 2.05) is 0 Å². The molecule has 0 heterocycles. The molecular weight excluding hydrogens is 176 g/mol. The average molecular weight is 186 g/mol. The Labute approximate surface area is 71.2 Å². The van der Waals surface area contributed by atoms with E-state index in [9.17, 15) is 8.42 Å². The van der Waals surface area contributed by atoms with E-state index in [4.69, 9.17) is 10.9 Å². The molecule has 0 saturated heterocycles. The van der Waals surface area contributed by atoms with Gasteiger partial charge in [0.2, 0.25) is 10.0 Å². The van der Waals surface area contributed by atoms with Crippen LogP contribution >= 0.6 is 0 Å². The van der Waals surface area contributed by atoms with Gasteiger partial charge in [-0.05, 0) is 11.6 Å². The van der Waals surface area contributed by atoms with Gasteiger partial charge in [0.15, 0.2) is 0 Å². The molecule has 1 aromatic carbocycles. The maximum atomic E-state index is 10.9. The summed E-state index contributed by atoms with van der Waals surface area (Å²) in [5, 5.41) is 4.95. The van der Waals surface area contributed by atoms with E-state index in [2.05, 4.69) is 0 Å². The van der Waals surface area contributed by atoms with Gasteiger partial charge in [0.1, 0.15) is 0 Å². The third kappa shape index (κ3) is 1.82. The lowest BCUT2D eigenvalue weighted by Crippen LogP contribution is -2.15. The summed E-state index contributed by atoms with van der Waals surface area (Å²) < 4.78 is 21.9. The van der Waals surface area contributed by atoms with Crippen molar-refractivity contribution in [2.45, 2.75) is 11.4 Å².